The lowest BCUT2D eigenvalue weighted by Gasteiger charge is -2.34. The van der Waals surface area contributed by atoms with Crippen molar-refractivity contribution in [3.8, 4) is 0 Å². The summed E-state index contributed by atoms with van der Waals surface area (Å²) in [5, 5.41) is 4.57. The Kier molecular flexibility index (Phi) is 5.27. The van der Waals surface area contributed by atoms with Crippen LogP contribution in [-0.4, -0.2) is 23.2 Å². The molecule has 0 bridgehead atoms. The maximum atomic E-state index is 14.3. The second kappa shape index (κ2) is 7.48. The molecule has 0 aromatic heterocycles. The van der Waals surface area contributed by atoms with Crippen LogP contribution < -0.4 is 10.6 Å². The summed E-state index contributed by atoms with van der Waals surface area (Å²) in [7, 11) is 0. The van der Waals surface area contributed by atoms with Gasteiger partial charge in [0.2, 0.25) is 0 Å². The van der Waals surface area contributed by atoms with E-state index in [0.29, 0.717) is 5.56 Å². The van der Waals surface area contributed by atoms with E-state index >= 15 is 0 Å². The quantitative estimate of drug-likeness (QED) is 0.452. The van der Waals surface area contributed by atoms with E-state index in [1.807, 2.05) is 0 Å². The number of carbonyl (C=O) groups excluding carboxylic acids is 1. The number of ketones is 1. The Balaban J connectivity index is 2.24. The number of benzene rings is 2. The minimum Gasteiger partial charge on any atom is -0.351 e. The van der Waals surface area contributed by atoms with Crippen LogP contribution in [0.3, 0.4) is 0 Å². The third kappa shape index (κ3) is 3.71. The van der Waals surface area contributed by atoms with Gasteiger partial charge in [-0.25, -0.2) is 8.78 Å². The van der Waals surface area contributed by atoms with Crippen molar-refractivity contribution in [1.82, 2.24) is 10.6 Å². The number of thiocarbonyl (C=S) groups is 1. The summed E-state index contributed by atoms with van der Waals surface area (Å²) in [5.41, 5.74) is -1.12. The molecule has 1 heterocycles. The molecular formula is C19H14F4N2OS. The number of Topliss-reactive ketones (excluding diaryl/α,β-unsaturated/α-hetero) is 1. The van der Waals surface area contributed by atoms with Crippen LogP contribution in [0.5, 0.6) is 0 Å². The van der Waals surface area contributed by atoms with Gasteiger partial charge in [-0.2, -0.15) is 8.78 Å². The number of hydrogen-bond donors (Lipinski definition) is 2. The minimum atomic E-state index is -4.57. The van der Waals surface area contributed by atoms with Gasteiger partial charge in [0, 0.05) is 5.56 Å². The van der Waals surface area contributed by atoms with E-state index in [1.165, 1.54) is 12.1 Å². The van der Waals surface area contributed by atoms with E-state index in [0.717, 1.165) is 0 Å². The fourth-order valence-electron chi connectivity index (χ4n) is 2.82. The van der Waals surface area contributed by atoms with Gasteiger partial charge >= 0.3 is 12.3 Å². The lowest BCUT2D eigenvalue weighted by atomic mass is 9.88. The third-order valence-corrected chi connectivity index (χ3v) is 4.31. The molecular weight excluding hydrogens is 380 g/mol. The van der Waals surface area contributed by atoms with Crippen molar-refractivity contribution in [1.29, 1.82) is 0 Å². The topological polar surface area (TPSA) is 41.1 Å². The number of rotatable bonds is 5. The molecule has 0 radical (unpaired) electrons. The average Bonchev–Trinajstić information content (AvgIpc) is 2.68. The van der Waals surface area contributed by atoms with Crippen molar-refractivity contribution in [2.24, 2.45) is 0 Å². The zero-order valence-corrected chi connectivity index (χ0v) is 14.6. The molecule has 1 atom stereocenters. The highest BCUT2D eigenvalue weighted by Gasteiger charge is 2.50. The molecule has 2 aromatic carbocycles. The molecule has 0 unspecified atom stereocenters. The van der Waals surface area contributed by atoms with Crippen molar-refractivity contribution in [3.05, 3.63) is 83.1 Å². The van der Waals surface area contributed by atoms with E-state index in [1.54, 1.807) is 48.5 Å². The standard InChI is InChI=1S/C19H14F4N2OS/c20-17(21)19(22,23)16-13(15(26)12-9-5-2-6-10-12)14(24-18(27)25-16)11-7-3-1-4-8-11/h1-10,14,17H,(H2,24,25,27)/t14-/m1/s1. The van der Waals surface area contributed by atoms with Gasteiger partial charge in [0.1, 0.15) is 5.70 Å². The summed E-state index contributed by atoms with van der Waals surface area (Å²) in [5.74, 6) is -5.36. The summed E-state index contributed by atoms with van der Waals surface area (Å²) in [6.45, 7) is 0. The van der Waals surface area contributed by atoms with Gasteiger partial charge in [0.15, 0.2) is 10.9 Å². The SMILES string of the molecule is O=C(C1=C(C(F)(F)C(F)F)NC(=S)N[C@@H]1c1ccccc1)c1ccccc1. The van der Waals surface area contributed by atoms with Crippen LogP contribution in [0.4, 0.5) is 17.6 Å². The third-order valence-electron chi connectivity index (χ3n) is 4.09. The smallest absolute Gasteiger partial charge is 0.347 e. The van der Waals surface area contributed by atoms with E-state index in [4.69, 9.17) is 12.2 Å². The number of nitrogens with one attached hydrogen (secondary N) is 2. The molecule has 0 saturated carbocycles. The van der Waals surface area contributed by atoms with Gasteiger partial charge in [-0.1, -0.05) is 60.7 Å². The first-order chi connectivity index (χ1) is 12.8. The molecule has 2 aromatic rings. The van der Waals surface area contributed by atoms with Crippen molar-refractivity contribution in [3.63, 3.8) is 0 Å². The summed E-state index contributed by atoms with van der Waals surface area (Å²) < 4.78 is 54.8. The molecule has 1 aliphatic rings. The monoisotopic (exact) mass is 394 g/mol. The molecule has 0 amide bonds. The lowest BCUT2D eigenvalue weighted by Crippen LogP contribution is -2.51. The number of alkyl halides is 4. The van der Waals surface area contributed by atoms with E-state index in [-0.39, 0.29) is 10.7 Å². The van der Waals surface area contributed by atoms with Gasteiger partial charge in [-0.15, -0.1) is 0 Å². The zero-order valence-electron chi connectivity index (χ0n) is 13.8. The number of carbonyl (C=O) groups is 1. The van der Waals surface area contributed by atoms with Crippen molar-refractivity contribution in [2.75, 3.05) is 0 Å². The molecule has 2 N–H and O–H groups in total. The van der Waals surface area contributed by atoms with Gasteiger partial charge in [-0.3, -0.25) is 4.79 Å². The maximum absolute atomic E-state index is 14.3. The largest absolute Gasteiger partial charge is 0.351 e. The normalized spacial score (nSPS) is 17.5. The minimum absolute atomic E-state index is 0.104. The molecule has 3 nitrogen and oxygen atoms in total. The fraction of sp³-hybridized carbons (Fsp3) is 0.158. The number of hydrogen-bond acceptors (Lipinski definition) is 2. The Morgan fingerprint density at radius 3 is 2.11 bits per heavy atom. The van der Waals surface area contributed by atoms with Crippen LogP contribution in [0.25, 0.3) is 0 Å². The summed E-state index contributed by atoms with van der Waals surface area (Å²) in [6, 6.07) is 14.8. The second-order valence-electron chi connectivity index (χ2n) is 5.85. The summed E-state index contributed by atoms with van der Waals surface area (Å²) in [6.07, 6.45) is -4.00. The van der Waals surface area contributed by atoms with Gasteiger partial charge in [0.25, 0.3) is 0 Å². The molecule has 0 saturated heterocycles. The predicted molar refractivity (Wildman–Crippen MR) is 96.8 cm³/mol. The molecule has 3 rings (SSSR count). The predicted octanol–water partition coefficient (Wildman–Crippen LogP) is 4.24. The lowest BCUT2D eigenvalue weighted by molar-refractivity contribution is -0.103. The Morgan fingerprint density at radius 2 is 1.56 bits per heavy atom. The summed E-state index contributed by atoms with van der Waals surface area (Å²) in [4.78, 5) is 13.0. The van der Waals surface area contributed by atoms with Gasteiger partial charge < -0.3 is 10.6 Å². The van der Waals surface area contributed by atoms with Crippen LogP contribution in [-0.2, 0) is 0 Å². The van der Waals surface area contributed by atoms with Crippen molar-refractivity contribution < 1.29 is 22.4 Å². The second-order valence-corrected chi connectivity index (χ2v) is 6.26. The highest BCUT2D eigenvalue weighted by Crippen LogP contribution is 2.38. The van der Waals surface area contributed by atoms with E-state index in [2.05, 4.69) is 10.6 Å². The first-order valence-electron chi connectivity index (χ1n) is 7.95. The molecule has 1 aliphatic heterocycles. The molecule has 0 fully saturated rings. The first kappa shape index (κ1) is 19.0. The van der Waals surface area contributed by atoms with E-state index in [9.17, 15) is 22.4 Å². The van der Waals surface area contributed by atoms with Crippen LogP contribution in [0, 0.1) is 0 Å². The molecule has 27 heavy (non-hydrogen) atoms. The van der Waals surface area contributed by atoms with E-state index < -0.39 is 35.4 Å². The number of halogens is 4. The number of allylic oxidation sites excluding steroid dienone is 1. The zero-order chi connectivity index (χ0) is 19.6. The molecule has 8 heteroatoms. The summed E-state index contributed by atoms with van der Waals surface area (Å²) >= 11 is 4.93. The highest BCUT2D eigenvalue weighted by atomic mass is 32.1. The molecule has 140 valence electrons. The Hall–Kier alpha value is -2.74. The maximum Gasteiger partial charge on any atom is 0.347 e. The van der Waals surface area contributed by atoms with Crippen LogP contribution >= 0.6 is 12.2 Å². The Morgan fingerprint density at radius 1 is 1.00 bits per heavy atom. The average molecular weight is 394 g/mol. The molecule has 0 spiro atoms. The van der Waals surface area contributed by atoms with Crippen LogP contribution in [0.1, 0.15) is 22.0 Å². The van der Waals surface area contributed by atoms with Crippen molar-refractivity contribution >= 4 is 23.1 Å². The van der Waals surface area contributed by atoms with Gasteiger partial charge in [0.05, 0.1) is 11.6 Å². The first-order valence-corrected chi connectivity index (χ1v) is 8.36. The Labute approximate surface area is 158 Å². The van der Waals surface area contributed by atoms with Crippen molar-refractivity contribution in [2.45, 2.75) is 18.4 Å². The fourth-order valence-corrected chi connectivity index (χ4v) is 3.04. The Bertz CT molecular complexity index is 885. The van der Waals surface area contributed by atoms with Crippen LogP contribution in [0.2, 0.25) is 0 Å². The van der Waals surface area contributed by atoms with Crippen LogP contribution in [0.15, 0.2) is 71.9 Å². The molecule has 0 aliphatic carbocycles. The highest BCUT2D eigenvalue weighted by molar-refractivity contribution is 7.80. The van der Waals surface area contributed by atoms with Gasteiger partial charge in [-0.05, 0) is 17.8 Å².